The Hall–Kier alpha value is -0.820. The van der Waals surface area contributed by atoms with E-state index in [-0.39, 0.29) is 13.2 Å². The fourth-order valence-electron chi connectivity index (χ4n) is 1.02. The normalized spacial score (nSPS) is 11.4. The summed E-state index contributed by atoms with van der Waals surface area (Å²) in [5.41, 5.74) is 0.872. The van der Waals surface area contributed by atoms with Crippen molar-refractivity contribution in [3.63, 3.8) is 0 Å². The second kappa shape index (κ2) is 5.49. The molecule has 0 aliphatic heterocycles. The molecule has 1 N–H and O–H groups in total. The van der Waals surface area contributed by atoms with Crippen LogP contribution in [-0.2, 0) is 14.6 Å². The van der Waals surface area contributed by atoms with Crippen molar-refractivity contribution in [1.82, 2.24) is 0 Å². The molecule has 0 saturated heterocycles. The number of benzene rings is 1. The Balaban J connectivity index is 2.46. The summed E-state index contributed by atoms with van der Waals surface area (Å²) < 4.78 is 38.0. The van der Waals surface area contributed by atoms with Gasteiger partial charge >= 0.3 is 10.4 Å². The molecule has 0 unspecified atom stereocenters. The molecule has 0 aliphatic carbocycles. The first-order chi connectivity index (χ1) is 7.38. The van der Waals surface area contributed by atoms with Crippen LogP contribution < -0.4 is 4.74 Å². The minimum Gasteiger partial charge on any atom is -0.491 e. The topological polar surface area (TPSA) is 72.8 Å². The van der Waals surface area contributed by atoms with Gasteiger partial charge in [0.1, 0.15) is 19.0 Å². The molecule has 0 bridgehead atoms. The van der Waals surface area contributed by atoms with Crippen molar-refractivity contribution >= 4 is 22.0 Å². The lowest BCUT2D eigenvalue weighted by Gasteiger charge is -2.08. The van der Waals surface area contributed by atoms with E-state index in [4.69, 9.17) is 20.9 Å². The van der Waals surface area contributed by atoms with Gasteiger partial charge in [-0.25, -0.2) is 4.18 Å². The lowest BCUT2D eigenvalue weighted by molar-refractivity contribution is 0.201. The first-order valence-electron chi connectivity index (χ1n) is 4.39. The van der Waals surface area contributed by atoms with E-state index in [1.807, 2.05) is 6.92 Å². The number of aryl methyl sites for hydroxylation is 1. The van der Waals surface area contributed by atoms with Crippen molar-refractivity contribution in [2.75, 3.05) is 13.2 Å². The Morgan fingerprint density at radius 3 is 2.69 bits per heavy atom. The summed E-state index contributed by atoms with van der Waals surface area (Å²) in [6.07, 6.45) is 0. The van der Waals surface area contributed by atoms with Crippen molar-refractivity contribution in [2.45, 2.75) is 6.92 Å². The van der Waals surface area contributed by atoms with E-state index < -0.39 is 10.4 Å². The molecule has 0 saturated carbocycles. The fraction of sp³-hybridized carbons (Fsp3) is 0.333. The largest absolute Gasteiger partial charge is 0.491 e. The van der Waals surface area contributed by atoms with Crippen molar-refractivity contribution in [3.05, 3.63) is 28.8 Å². The molecule has 0 aromatic heterocycles. The molecule has 0 aliphatic rings. The molecule has 0 fully saturated rings. The maximum atomic E-state index is 10.2. The molecule has 5 nitrogen and oxygen atoms in total. The van der Waals surface area contributed by atoms with E-state index in [1.165, 1.54) is 0 Å². The van der Waals surface area contributed by atoms with Crippen LogP contribution in [0.1, 0.15) is 5.56 Å². The third-order valence-electron chi connectivity index (χ3n) is 1.72. The number of rotatable bonds is 5. The van der Waals surface area contributed by atoms with Crippen LogP contribution in [0.4, 0.5) is 0 Å². The number of halogens is 1. The molecule has 1 aromatic rings. The molecular weight excluding hydrogens is 256 g/mol. The Kier molecular flexibility index (Phi) is 4.55. The summed E-state index contributed by atoms with van der Waals surface area (Å²) in [6, 6.07) is 5.12. The minimum atomic E-state index is -4.40. The summed E-state index contributed by atoms with van der Waals surface area (Å²) >= 11 is 5.76. The first-order valence-corrected chi connectivity index (χ1v) is 6.13. The predicted molar refractivity (Wildman–Crippen MR) is 59.2 cm³/mol. The summed E-state index contributed by atoms with van der Waals surface area (Å²) in [4.78, 5) is 0. The zero-order valence-corrected chi connectivity index (χ0v) is 10.1. The second-order valence-electron chi connectivity index (χ2n) is 3.01. The van der Waals surface area contributed by atoms with Gasteiger partial charge in [-0.15, -0.1) is 0 Å². The van der Waals surface area contributed by atoms with Gasteiger partial charge in [-0.1, -0.05) is 17.7 Å². The third-order valence-corrected chi connectivity index (χ3v) is 2.42. The van der Waals surface area contributed by atoms with Crippen molar-refractivity contribution in [1.29, 1.82) is 0 Å². The van der Waals surface area contributed by atoms with E-state index in [0.717, 1.165) is 5.56 Å². The number of ether oxygens (including phenoxy) is 1. The van der Waals surface area contributed by atoms with Gasteiger partial charge in [-0.05, 0) is 24.6 Å². The first kappa shape index (κ1) is 13.2. The molecular formula is C9H11ClO5S. The SMILES string of the molecule is Cc1ccc(Cl)cc1OCCOS(=O)(=O)O. The molecule has 0 amide bonds. The zero-order chi connectivity index (χ0) is 12.2. The van der Waals surface area contributed by atoms with E-state index in [9.17, 15) is 8.42 Å². The van der Waals surface area contributed by atoms with Crippen LogP contribution in [0.5, 0.6) is 5.75 Å². The molecule has 90 valence electrons. The quantitative estimate of drug-likeness (QED) is 0.650. The Morgan fingerprint density at radius 1 is 1.38 bits per heavy atom. The van der Waals surface area contributed by atoms with Gasteiger partial charge in [-0.3, -0.25) is 4.55 Å². The molecule has 0 radical (unpaired) electrons. The molecule has 16 heavy (non-hydrogen) atoms. The van der Waals surface area contributed by atoms with Crippen LogP contribution in [0, 0.1) is 6.92 Å². The number of hydrogen-bond donors (Lipinski definition) is 1. The second-order valence-corrected chi connectivity index (χ2v) is 4.54. The van der Waals surface area contributed by atoms with E-state index in [0.29, 0.717) is 10.8 Å². The van der Waals surface area contributed by atoms with Crippen LogP contribution in [0.25, 0.3) is 0 Å². The van der Waals surface area contributed by atoms with Crippen LogP contribution in [0.15, 0.2) is 18.2 Å². The van der Waals surface area contributed by atoms with Gasteiger partial charge in [0.05, 0.1) is 0 Å². The van der Waals surface area contributed by atoms with E-state index in [2.05, 4.69) is 4.18 Å². The average Bonchev–Trinajstić information content (AvgIpc) is 2.16. The van der Waals surface area contributed by atoms with Crippen LogP contribution in [-0.4, -0.2) is 26.2 Å². The standard InChI is InChI=1S/C9H11ClO5S/c1-7-2-3-8(10)6-9(7)14-4-5-15-16(11,12)13/h2-3,6H,4-5H2,1H3,(H,11,12,13). The summed E-state index contributed by atoms with van der Waals surface area (Å²) in [6.45, 7) is 1.57. The lowest BCUT2D eigenvalue weighted by atomic mass is 10.2. The predicted octanol–water partition coefficient (Wildman–Crippen LogP) is 1.85. The van der Waals surface area contributed by atoms with E-state index in [1.54, 1.807) is 18.2 Å². The van der Waals surface area contributed by atoms with Crippen LogP contribution in [0.2, 0.25) is 5.02 Å². The van der Waals surface area contributed by atoms with Gasteiger partial charge in [-0.2, -0.15) is 8.42 Å². The molecule has 0 spiro atoms. The Labute approximate surface area is 98.9 Å². The molecule has 7 heteroatoms. The highest BCUT2D eigenvalue weighted by atomic mass is 35.5. The number of hydrogen-bond acceptors (Lipinski definition) is 4. The van der Waals surface area contributed by atoms with Gasteiger partial charge in [0.2, 0.25) is 0 Å². The highest BCUT2D eigenvalue weighted by Gasteiger charge is 2.05. The smallest absolute Gasteiger partial charge is 0.397 e. The summed E-state index contributed by atoms with van der Waals surface area (Å²) in [7, 11) is -4.40. The summed E-state index contributed by atoms with van der Waals surface area (Å²) in [5, 5.41) is 0.524. The zero-order valence-electron chi connectivity index (χ0n) is 8.51. The van der Waals surface area contributed by atoms with E-state index >= 15 is 0 Å². The van der Waals surface area contributed by atoms with Gasteiger partial charge in [0.25, 0.3) is 0 Å². The molecule has 0 heterocycles. The monoisotopic (exact) mass is 266 g/mol. The third kappa shape index (κ3) is 4.80. The minimum absolute atomic E-state index is 0.000965. The highest BCUT2D eigenvalue weighted by molar-refractivity contribution is 7.80. The fourth-order valence-corrected chi connectivity index (χ4v) is 1.46. The van der Waals surface area contributed by atoms with Gasteiger partial charge in [0, 0.05) is 5.02 Å². The highest BCUT2D eigenvalue weighted by Crippen LogP contribution is 2.22. The molecule has 0 atom stereocenters. The lowest BCUT2D eigenvalue weighted by Crippen LogP contribution is -2.11. The van der Waals surface area contributed by atoms with Gasteiger partial charge < -0.3 is 4.74 Å². The summed E-state index contributed by atoms with van der Waals surface area (Å²) in [5.74, 6) is 0.548. The van der Waals surface area contributed by atoms with Crippen LogP contribution in [0.3, 0.4) is 0 Å². The maximum Gasteiger partial charge on any atom is 0.397 e. The van der Waals surface area contributed by atoms with Crippen molar-refractivity contribution in [3.8, 4) is 5.75 Å². The Morgan fingerprint density at radius 2 is 2.06 bits per heavy atom. The maximum absolute atomic E-state index is 10.2. The average molecular weight is 267 g/mol. The van der Waals surface area contributed by atoms with Crippen molar-refractivity contribution in [2.24, 2.45) is 0 Å². The molecule has 1 aromatic carbocycles. The van der Waals surface area contributed by atoms with Gasteiger partial charge in [0.15, 0.2) is 0 Å². The Bertz CT molecular complexity index is 457. The molecule has 1 rings (SSSR count). The van der Waals surface area contributed by atoms with Crippen molar-refractivity contribution < 1.29 is 21.9 Å². The van der Waals surface area contributed by atoms with Crippen LogP contribution >= 0.6 is 11.6 Å².